The van der Waals surface area contributed by atoms with Crippen LogP contribution in [0.1, 0.15) is 45.9 Å². The van der Waals surface area contributed by atoms with Gasteiger partial charge in [0.05, 0.1) is 5.69 Å². The number of hydrogen-bond acceptors (Lipinski definition) is 5. The predicted molar refractivity (Wildman–Crippen MR) is 107 cm³/mol. The van der Waals surface area contributed by atoms with Gasteiger partial charge in [-0.05, 0) is 45.4 Å². The second-order valence-corrected chi connectivity index (χ2v) is 8.82. The minimum atomic E-state index is -0.689. The Bertz CT molecular complexity index is 899. The third-order valence-corrected chi connectivity index (χ3v) is 5.35. The third-order valence-electron chi connectivity index (χ3n) is 4.06. The van der Waals surface area contributed by atoms with E-state index in [0.29, 0.717) is 10.7 Å². The Kier molecular flexibility index (Phi) is 4.90. The van der Waals surface area contributed by atoms with E-state index in [0.717, 1.165) is 5.56 Å². The number of benzene rings is 1. The fourth-order valence-corrected chi connectivity index (χ4v) is 4.15. The summed E-state index contributed by atoms with van der Waals surface area (Å²) in [4.78, 5) is 24.1. The summed E-state index contributed by atoms with van der Waals surface area (Å²) in [5, 5.41) is 6.59. The summed E-state index contributed by atoms with van der Waals surface area (Å²) in [5.41, 5.74) is 0.951. The number of thioether (sulfide) groups is 1. The van der Waals surface area contributed by atoms with Crippen molar-refractivity contribution in [3.05, 3.63) is 59.9 Å². The maximum atomic E-state index is 12.5. The Morgan fingerprint density at radius 1 is 1.11 bits per heavy atom. The predicted octanol–water partition coefficient (Wildman–Crippen LogP) is 4.40. The molecule has 1 aliphatic heterocycles. The van der Waals surface area contributed by atoms with Crippen molar-refractivity contribution in [1.29, 1.82) is 0 Å². The molecule has 2 aromatic rings. The van der Waals surface area contributed by atoms with Gasteiger partial charge in [-0.3, -0.25) is 9.36 Å². The molecule has 0 fully saturated rings. The lowest BCUT2D eigenvalue weighted by molar-refractivity contribution is -0.131. The second kappa shape index (κ2) is 6.88. The molecule has 1 aliphatic rings. The van der Waals surface area contributed by atoms with Crippen LogP contribution in [-0.4, -0.2) is 32.2 Å². The molecular weight excluding hydrogens is 362 g/mol. The zero-order valence-corrected chi connectivity index (χ0v) is 16.9. The van der Waals surface area contributed by atoms with Gasteiger partial charge in [-0.15, -0.1) is 0 Å². The Balaban J connectivity index is 1.98. The fraction of sp³-hybridized carbons (Fsp3) is 0.350. The van der Waals surface area contributed by atoms with E-state index in [2.05, 4.69) is 5.10 Å². The van der Waals surface area contributed by atoms with E-state index in [4.69, 9.17) is 4.74 Å². The van der Waals surface area contributed by atoms with Gasteiger partial charge in [0.25, 0.3) is 0 Å². The molecule has 142 valence electrons. The van der Waals surface area contributed by atoms with E-state index >= 15 is 0 Å². The maximum absolute atomic E-state index is 12.5. The summed E-state index contributed by atoms with van der Waals surface area (Å²) < 4.78 is 6.90. The number of hydrogen-bond donors (Lipinski definition) is 0. The first kappa shape index (κ1) is 19.2. The Morgan fingerprint density at radius 2 is 1.78 bits per heavy atom. The zero-order valence-electron chi connectivity index (χ0n) is 16.1. The summed E-state index contributed by atoms with van der Waals surface area (Å²) in [6.45, 7) is 8.90. The van der Waals surface area contributed by atoms with Crippen LogP contribution in [0.2, 0.25) is 0 Å². The quantitative estimate of drug-likeness (QED) is 0.769. The molecule has 1 aromatic heterocycles. The van der Waals surface area contributed by atoms with Crippen LogP contribution in [0, 0.1) is 0 Å². The highest BCUT2D eigenvalue weighted by atomic mass is 32.2. The summed E-state index contributed by atoms with van der Waals surface area (Å²) >= 11 is 1.44. The first-order valence-electron chi connectivity index (χ1n) is 8.67. The molecule has 1 amide bonds. The summed E-state index contributed by atoms with van der Waals surface area (Å²) in [6, 6.07) is 13.3. The minimum absolute atomic E-state index is 0.167. The molecule has 27 heavy (non-hydrogen) atoms. The number of hydrazone groups is 1. The van der Waals surface area contributed by atoms with Crippen LogP contribution in [0.4, 0.5) is 4.79 Å². The molecular formula is C20H23N3O3S. The molecule has 0 saturated heterocycles. The number of carbonyl (C=O) groups is 2. The third kappa shape index (κ3) is 3.78. The Hall–Kier alpha value is -2.54. The average Bonchev–Trinajstić information content (AvgIpc) is 3.19. The monoisotopic (exact) mass is 385 g/mol. The van der Waals surface area contributed by atoms with Gasteiger partial charge < -0.3 is 4.74 Å². The molecule has 1 atom stereocenters. The zero-order chi connectivity index (χ0) is 19.8. The lowest BCUT2D eigenvalue weighted by Crippen LogP contribution is -2.37. The van der Waals surface area contributed by atoms with E-state index in [1.165, 1.54) is 28.3 Å². The first-order chi connectivity index (χ1) is 12.6. The van der Waals surface area contributed by atoms with Crippen LogP contribution >= 0.6 is 11.8 Å². The molecule has 6 nitrogen and oxygen atoms in total. The molecule has 2 heterocycles. The van der Waals surface area contributed by atoms with Gasteiger partial charge in [0.1, 0.15) is 15.5 Å². The van der Waals surface area contributed by atoms with Crippen molar-refractivity contribution in [2.75, 3.05) is 0 Å². The van der Waals surface area contributed by atoms with Crippen molar-refractivity contribution in [3.8, 4) is 0 Å². The van der Waals surface area contributed by atoms with Crippen LogP contribution in [0.5, 0.6) is 0 Å². The van der Waals surface area contributed by atoms with E-state index < -0.39 is 16.6 Å². The molecule has 1 unspecified atom stereocenters. The van der Waals surface area contributed by atoms with Gasteiger partial charge in [0, 0.05) is 13.1 Å². The lowest BCUT2D eigenvalue weighted by Gasteiger charge is -2.31. The number of nitrogens with zero attached hydrogens (tertiary/aromatic N) is 3. The van der Waals surface area contributed by atoms with Gasteiger partial charge in [-0.2, -0.15) is 5.10 Å². The molecule has 0 bridgehead atoms. The van der Waals surface area contributed by atoms with Crippen molar-refractivity contribution < 1.29 is 14.3 Å². The molecule has 0 spiro atoms. The van der Waals surface area contributed by atoms with Crippen molar-refractivity contribution >= 4 is 28.8 Å². The molecule has 3 rings (SSSR count). The van der Waals surface area contributed by atoms with Crippen molar-refractivity contribution in [1.82, 2.24) is 9.58 Å². The number of aromatic nitrogens is 1. The van der Waals surface area contributed by atoms with Crippen molar-refractivity contribution in [2.45, 2.75) is 45.1 Å². The first-order valence-corrected chi connectivity index (χ1v) is 9.48. The lowest BCUT2D eigenvalue weighted by atomic mass is 10.1. The minimum Gasteiger partial charge on any atom is -0.443 e. The molecule has 0 N–H and O–H groups in total. The van der Waals surface area contributed by atoms with Crippen LogP contribution in [-0.2, 0) is 14.4 Å². The van der Waals surface area contributed by atoms with E-state index in [9.17, 15) is 9.59 Å². The summed E-state index contributed by atoms with van der Waals surface area (Å²) in [6.07, 6.45) is 1.16. The number of carbonyl (C=O) groups excluding carboxylic acids is 2. The van der Waals surface area contributed by atoms with Gasteiger partial charge in [0.2, 0.25) is 5.91 Å². The molecule has 1 aromatic carbocycles. The highest BCUT2D eigenvalue weighted by Gasteiger charge is 2.44. The number of ether oxygens (including phenoxy) is 1. The fourth-order valence-electron chi connectivity index (χ4n) is 2.87. The molecule has 0 saturated carbocycles. The van der Waals surface area contributed by atoms with Crippen LogP contribution in [0.3, 0.4) is 0 Å². The highest BCUT2D eigenvalue weighted by molar-refractivity contribution is 8.15. The van der Waals surface area contributed by atoms with Crippen LogP contribution in [0.25, 0.3) is 0 Å². The smallest absolute Gasteiger partial charge is 0.419 e. The standard InChI is InChI=1S/C20H23N3O3S/c1-14(24)23-20(5,15-10-7-6-8-11-15)27-17(21-23)16-12-9-13-22(16)18(25)26-19(2,3)4/h6-13H,1-5H3. The average molecular weight is 385 g/mol. The van der Waals surface area contributed by atoms with Gasteiger partial charge in [0.15, 0.2) is 0 Å². The van der Waals surface area contributed by atoms with E-state index in [1.54, 1.807) is 18.3 Å². The molecule has 7 heteroatoms. The van der Waals surface area contributed by atoms with Crippen LogP contribution < -0.4 is 0 Å². The van der Waals surface area contributed by atoms with E-state index in [-0.39, 0.29) is 5.91 Å². The largest absolute Gasteiger partial charge is 0.443 e. The second-order valence-electron chi connectivity index (χ2n) is 7.43. The Labute approximate surface area is 163 Å². The highest BCUT2D eigenvalue weighted by Crippen LogP contribution is 2.46. The van der Waals surface area contributed by atoms with Crippen molar-refractivity contribution in [3.63, 3.8) is 0 Å². The SMILES string of the molecule is CC(=O)N1N=C(c2cccn2C(=O)OC(C)(C)C)SC1(C)c1ccccc1. The normalized spacial score (nSPS) is 19.7. The molecule has 0 radical (unpaired) electrons. The maximum Gasteiger partial charge on any atom is 0.419 e. The summed E-state index contributed by atoms with van der Waals surface area (Å²) in [7, 11) is 0. The summed E-state index contributed by atoms with van der Waals surface area (Å²) in [5.74, 6) is -0.167. The van der Waals surface area contributed by atoms with Crippen LogP contribution in [0.15, 0.2) is 53.8 Å². The Morgan fingerprint density at radius 3 is 2.37 bits per heavy atom. The van der Waals surface area contributed by atoms with Crippen molar-refractivity contribution in [2.24, 2.45) is 5.10 Å². The van der Waals surface area contributed by atoms with E-state index in [1.807, 2.05) is 58.0 Å². The topological polar surface area (TPSA) is 63.9 Å². The van der Waals surface area contributed by atoms with Gasteiger partial charge in [-0.1, -0.05) is 42.1 Å². The number of rotatable bonds is 2. The number of amides is 1. The van der Waals surface area contributed by atoms with Gasteiger partial charge >= 0.3 is 6.09 Å². The molecule has 0 aliphatic carbocycles. The van der Waals surface area contributed by atoms with Gasteiger partial charge in [-0.25, -0.2) is 9.80 Å².